The predicted molar refractivity (Wildman–Crippen MR) is 104 cm³/mol. The first kappa shape index (κ1) is 24.1. The van der Waals surface area contributed by atoms with Crippen LogP contribution in [0, 0.1) is 0 Å². The lowest BCUT2D eigenvalue weighted by molar-refractivity contribution is -0.0510. The third-order valence-corrected chi connectivity index (χ3v) is 4.88. The topological polar surface area (TPSA) is 80.4 Å². The molecule has 3 N–H and O–H groups in total. The first-order valence-electron chi connectivity index (χ1n) is 8.96. The lowest BCUT2D eigenvalue weighted by atomic mass is 9.79. The van der Waals surface area contributed by atoms with Gasteiger partial charge in [0.25, 0.3) is 0 Å². The van der Waals surface area contributed by atoms with Crippen LogP contribution in [0.25, 0.3) is 0 Å². The molecule has 0 atom stereocenters. The van der Waals surface area contributed by atoms with E-state index in [1.54, 1.807) is 0 Å². The van der Waals surface area contributed by atoms with Gasteiger partial charge in [-0.05, 0) is 17.5 Å². The molecule has 0 saturated carbocycles. The van der Waals surface area contributed by atoms with Crippen LogP contribution in [0.1, 0.15) is 50.2 Å². The zero-order valence-electron chi connectivity index (χ0n) is 15.7. The minimum absolute atomic E-state index is 0.365. The first-order chi connectivity index (χ1) is 13.0. The van der Waals surface area contributed by atoms with E-state index in [2.05, 4.69) is 55.5 Å². The number of unbranched alkanes of at least 4 members (excludes halogenated alkanes) is 3. The van der Waals surface area contributed by atoms with Crippen molar-refractivity contribution in [3.8, 4) is 0 Å². The van der Waals surface area contributed by atoms with Crippen LogP contribution in [0.15, 0.2) is 60.7 Å². The fourth-order valence-corrected chi connectivity index (χ4v) is 2.76. The molecule has 28 heavy (non-hydrogen) atoms. The third kappa shape index (κ3) is 7.26. The number of nitrogens with two attached hydrogens (primary N) is 1. The minimum Gasteiger partial charge on any atom is -0.318 e. The van der Waals surface area contributed by atoms with Crippen molar-refractivity contribution in [2.75, 3.05) is 0 Å². The Balaban J connectivity index is 0.000000416. The molecule has 0 fully saturated rings. The maximum atomic E-state index is 10.7. The molecule has 0 radical (unpaired) electrons. The van der Waals surface area contributed by atoms with E-state index < -0.39 is 15.6 Å². The van der Waals surface area contributed by atoms with Crippen LogP contribution in [0.3, 0.4) is 0 Å². The van der Waals surface area contributed by atoms with Gasteiger partial charge >= 0.3 is 15.6 Å². The highest BCUT2D eigenvalue weighted by Crippen LogP contribution is 2.32. The third-order valence-electron chi connectivity index (χ3n) is 4.29. The summed E-state index contributed by atoms with van der Waals surface area (Å²) in [5.41, 5.74) is 3.34. The molecule has 2 rings (SSSR count). The molecule has 0 bridgehead atoms. The van der Waals surface area contributed by atoms with Crippen molar-refractivity contribution in [2.45, 2.75) is 50.1 Å². The van der Waals surface area contributed by atoms with Crippen LogP contribution in [0.4, 0.5) is 13.2 Å². The quantitative estimate of drug-likeness (QED) is 0.366. The molecule has 0 aliphatic rings. The predicted octanol–water partition coefficient (Wildman–Crippen LogP) is 5.25. The summed E-state index contributed by atoms with van der Waals surface area (Å²) in [7, 11) is -5.84. The average molecular weight is 417 g/mol. The number of hydrogen-bond donors (Lipinski definition) is 2. The molecule has 156 valence electrons. The van der Waals surface area contributed by atoms with Gasteiger partial charge in [0.2, 0.25) is 0 Å². The fraction of sp³-hybridized carbons (Fsp3) is 0.400. The van der Waals surface area contributed by atoms with E-state index in [0.717, 1.165) is 6.42 Å². The molecular formula is C20H26F3NO3S. The fourth-order valence-electron chi connectivity index (χ4n) is 2.76. The van der Waals surface area contributed by atoms with Gasteiger partial charge in [0, 0.05) is 0 Å². The molecule has 0 aromatic heterocycles. The van der Waals surface area contributed by atoms with Crippen LogP contribution in [0.2, 0.25) is 0 Å². The van der Waals surface area contributed by atoms with Crippen molar-refractivity contribution in [3.05, 3.63) is 71.8 Å². The largest absolute Gasteiger partial charge is 0.522 e. The van der Waals surface area contributed by atoms with E-state index in [1.807, 2.05) is 12.1 Å². The molecule has 4 nitrogen and oxygen atoms in total. The number of alkyl halides is 3. The van der Waals surface area contributed by atoms with E-state index in [9.17, 15) is 13.2 Å². The lowest BCUT2D eigenvalue weighted by Gasteiger charge is -2.31. The second kappa shape index (κ2) is 10.6. The maximum absolute atomic E-state index is 10.7. The molecule has 2 aromatic rings. The Kier molecular flexibility index (Phi) is 9.13. The van der Waals surface area contributed by atoms with E-state index in [1.165, 1.54) is 36.8 Å². The summed E-state index contributed by atoms with van der Waals surface area (Å²) in [5.74, 6) is 0. The number of hydrogen-bond acceptors (Lipinski definition) is 3. The van der Waals surface area contributed by atoms with Crippen molar-refractivity contribution in [1.82, 2.24) is 0 Å². The second-order valence-electron chi connectivity index (χ2n) is 6.43. The van der Waals surface area contributed by atoms with Crippen molar-refractivity contribution in [2.24, 2.45) is 5.73 Å². The zero-order valence-corrected chi connectivity index (χ0v) is 16.5. The maximum Gasteiger partial charge on any atom is 0.522 e. The molecule has 0 aliphatic carbocycles. The minimum atomic E-state index is -5.84. The Labute approximate surface area is 164 Å². The summed E-state index contributed by atoms with van der Waals surface area (Å²) in [5, 5.41) is 0. The SMILES string of the molecule is CCCCCCC(N)(c1ccccc1)c1ccccc1.O=S(=O)(O)C(F)(F)F. The second-order valence-corrected chi connectivity index (χ2v) is 7.85. The molecule has 0 heterocycles. The molecular weight excluding hydrogens is 391 g/mol. The van der Waals surface area contributed by atoms with Crippen molar-refractivity contribution in [1.29, 1.82) is 0 Å². The van der Waals surface area contributed by atoms with Crippen LogP contribution >= 0.6 is 0 Å². The van der Waals surface area contributed by atoms with Gasteiger partial charge in [0.1, 0.15) is 0 Å². The summed E-state index contributed by atoms with van der Waals surface area (Å²) in [6, 6.07) is 21.0. The molecule has 0 amide bonds. The smallest absolute Gasteiger partial charge is 0.318 e. The Morgan fingerprint density at radius 2 is 1.25 bits per heavy atom. The Bertz CT molecular complexity index is 755. The van der Waals surface area contributed by atoms with Crippen LogP contribution in [0.5, 0.6) is 0 Å². The van der Waals surface area contributed by atoms with E-state index in [0.29, 0.717) is 0 Å². The number of benzene rings is 2. The average Bonchev–Trinajstić information content (AvgIpc) is 2.65. The van der Waals surface area contributed by atoms with Gasteiger partial charge in [0.15, 0.2) is 0 Å². The summed E-state index contributed by atoms with van der Waals surface area (Å²) >= 11 is 0. The number of rotatable bonds is 7. The number of halogens is 3. The Hall–Kier alpha value is -1.90. The molecule has 2 aromatic carbocycles. The molecule has 8 heteroatoms. The van der Waals surface area contributed by atoms with Gasteiger partial charge in [-0.25, -0.2) is 0 Å². The summed E-state index contributed by atoms with van der Waals surface area (Å²) in [6.45, 7) is 2.24. The highest BCUT2D eigenvalue weighted by molar-refractivity contribution is 7.86. The van der Waals surface area contributed by atoms with Crippen LogP contribution in [-0.2, 0) is 15.7 Å². The highest BCUT2D eigenvalue weighted by Gasteiger charge is 2.44. The zero-order chi connectivity index (χ0) is 21.3. The van der Waals surface area contributed by atoms with Gasteiger partial charge in [-0.15, -0.1) is 0 Å². The van der Waals surface area contributed by atoms with Gasteiger partial charge < -0.3 is 5.73 Å². The molecule has 0 unspecified atom stereocenters. The lowest BCUT2D eigenvalue weighted by Crippen LogP contribution is -2.37. The van der Waals surface area contributed by atoms with E-state index in [4.69, 9.17) is 18.7 Å². The Morgan fingerprint density at radius 3 is 1.57 bits per heavy atom. The van der Waals surface area contributed by atoms with Crippen molar-refractivity contribution in [3.63, 3.8) is 0 Å². The molecule has 0 aliphatic heterocycles. The standard InChI is InChI=1S/C19H25N.CHF3O3S/c1-2-3-4-11-16-19(20,17-12-7-5-8-13-17)18-14-9-6-10-15-18;2-1(3,4)8(5,6)7/h5-10,12-15H,2-4,11,16,20H2,1H3;(H,5,6,7). The normalized spacial score (nSPS) is 12.2. The monoisotopic (exact) mass is 417 g/mol. The van der Waals surface area contributed by atoms with Gasteiger partial charge in [-0.1, -0.05) is 93.3 Å². The summed E-state index contributed by atoms with van der Waals surface area (Å²) in [4.78, 5) is 0. The molecule has 0 spiro atoms. The highest BCUT2D eigenvalue weighted by atomic mass is 32.2. The van der Waals surface area contributed by atoms with E-state index in [-0.39, 0.29) is 5.54 Å². The van der Waals surface area contributed by atoms with E-state index >= 15 is 0 Å². The van der Waals surface area contributed by atoms with Crippen LogP contribution in [-0.4, -0.2) is 18.5 Å². The van der Waals surface area contributed by atoms with Gasteiger partial charge in [-0.3, -0.25) is 4.55 Å². The van der Waals surface area contributed by atoms with Crippen molar-refractivity contribution >= 4 is 10.1 Å². The summed E-state index contributed by atoms with van der Waals surface area (Å²) < 4.78 is 57.5. The van der Waals surface area contributed by atoms with Crippen LogP contribution < -0.4 is 5.73 Å². The van der Waals surface area contributed by atoms with Crippen molar-refractivity contribution < 1.29 is 26.1 Å². The van der Waals surface area contributed by atoms with Gasteiger partial charge in [-0.2, -0.15) is 21.6 Å². The first-order valence-corrected chi connectivity index (χ1v) is 10.4. The summed E-state index contributed by atoms with van der Waals surface area (Å²) in [6.07, 6.45) is 5.98. The Morgan fingerprint density at radius 1 is 0.857 bits per heavy atom. The molecule has 0 saturated heterocycles. The van der Waals surface area contributed by atoms with Gasteiger partial charge in [0.05, 0.1) is 5.54 Å².